The molecule has 0 amide bonds. The van der Waals surface area contributed by atoms with Crippen LogP contribution in [0.4, 0.5) is 0 Å². The van der Waals surface area contributed by atoms with E-state index in [1.165, 1.54) is 12.8 Å². The SMILES string of the molecule is CCCCCCOC(=O)c1ccccc1C(=O)OC1CCCCCC1. The maximum atomic E-state index is 12.5. The summed E-state index contributed by atoms with van der Waals surface area (Å²) in [6.45, 7) is 2.53. The van der Waals surface area contributed by atoms with Crippen molar-refractivity contribution >= 4 is 11.9 Å². The lowest BCUT2D eigenvalue weighted by molar-refractivity contribution is 0.0258. The van der Waals surface area contributed by atoms with E-state index in [4.69, 9.17) is 9.47 Å². The van der Waals surface area contributed by atoms with Gasteiger partial charge in [0.05, 0.1) is 17.7 Å². The lowest BCUT2D eigenvalue weighted by Gasteiger charge is -2.16. The highest BCUT2D eigenvalue weighted by molar-refractivity contribution is 6.03. The van der Waals surface area contributed by atoms with Crippen LogP contribution in [0.15, 0.2) is 24.3 Å². The molecule has 1 aliphatic carbocycles. The predicted octanol–water partition coefficient (Wildman–Crippen LogP) is 5.30. The third-order valence-corrected chi connectivity index (χ3v) is 4.67. The summed E-state index contributed by atoms with van der Waals surface area (Å²) in [5.41, 5.74) is 0.613. The summed E-state index contributed by atoms with van der Waals surface area (Å²) in [5.74, 6) is -0.852. The van der Waals surface area contributed by atoms with Crippen LogP contribution in [0.25, 0.3) is 0 Å². The summed E-state index contributed by atoms with van der Waals surface area (Å²) in [7, 11) is 0. The summed E-state index contributed by atoms with van der Waals surface area (Å²) < 4.78 is 11.0. The molecule has 0 aromatic heterocycles. The van der Waals surface area contributed by atoms with Crippen LogP contribution >= 0.6 is 0 Å². The lowest BCUT2D eigenvalue weighted by Crippen LogP contribution is -2.20. The fourth-order valence-electron chi connectivity index (χ4n) is 3.19. The van der Waals surface area contributed by atoms with E-state index >= 15 is 0 Å². The zero-order valence-corrected chi connectivity index (χ0v) is 15.3. The van der Waals surface area contributed by atoms with E-state index in [1.807, 2.05) is 0 Å². The minimum absolute atomic E-state index is 0.0341. The molecule has 0 radical (unpaired) electrons. The van der Waals surface area contributed by atoms with Crippen molar-refractivity contribution in [3.8, 4) is 0 Å². The number of carbonyl (C=O) groups excluding carboxylic acids is 2. The number of esters is 2. The van der Waals surface area contributed by atoms with Crippen LogP contribution in [0, 0.1) is 0 Å². The standard InChI is InChI=1S/C21H30O4/c1-2-3-4-11-16-24-20(22)18-14-9-10-15-19(18)21(23)25-17-12-7-5-6-8-13-17/h9-10,14-15,17H,2-8,11-13,16H2,1H3. The van der Waals surface area contributed by atoms with Crippen molar-refractivity contribution in [2.45, 2.75) is 77.2 Å². The summed E-state index contributed by atoms with van der Waals surface area (Å²) >= 11 is 0. The third-order valence-electron chi connectivity index (χ3n) is 4.67. The Labute approximate surface area is 150 Å². The Morgan fingerprint density at radius 2 is 1.56 bits per heavy atom. The zero-order valence-electron chi connectivity index (χ0n) is 15.3. The van der Waals surface area contributed by atoms with E-state index in [9.17, 15) is 9.59 Å². The fraction of sp³-hybridized carbons (Fsp3) is 0.619. The van der Waals surface area contributed by atoms with Gasteiger partial charge in [0.2, 0.25) is 0 Å². The van der Waals surface area contributed by atoms with Crippen molar-refractivity contribution < 1.29 is 19.1 Å². The number of rotatable bonds is 8. The van der Waals surface area contributed by atoms with Crippen LogP contribution in [0.2, 0.25) is 0 Å². The highest BCUT2D eigenvalue weighted by Gasteiger charge is 2.22. The Balaban J connectivity index is 1.93. The average Bonchev–Trinajstić information content (AvgIpc) is 2.90. The Morgan fingerprint density at radius 1 is 0.920 bits per heavy atom. The highest BCUT2D eigenvalue weighted by Crippen LogP contribution is 2.22. The Kier molecular flexibility index (Phi) is 8.50. The highest BCUT2D eigenvalue weighted by atomic mass is 16.5. The van der Waals surface area contributed by atoms with Gasteiger partial charge >= 0.3 is 11.9 Å². The van der Waals surface area contributed by atoms with Gasteiger partial charge in [-0.25, -0.2) is 9.59 Å². The zero-order chi connectivity index (χ0) is 17.9. The summed E-state index contributed by atoms with van der Waals surface area (Å²) in [5, 5.41) is 0. The molecule has 0 aliphatic heterocycles. The molecular weight excluding hydrogens is 316 g/mol. The molecule has 1 aliphatic rings. The van der Waals surface area contributed by atoms with E-state index in [-0.39, 0.29) is 6.10 Å². The summed E-state index contributed by atoms with van der Waals surface area (Å²) in [6, 6.07) is 6.78. The Bertz CT molecular complexity index is 545. The first-order valence-corrected chi connectivity index (χ1v) is 9.69. The molecule has 0 atom stereocenters. The maximum absolute atomic E-state index is 12.5. The molecule has 25 heavy (non-hydrogen) atoms. The molecule has 0 heterocycles. The Morgan fingerprint density at radius 3 is 2.20 bits per heavy atom. The van der Waals surface area contributed by atoms with Gasteiger partial charge in [-0.15, -0.1) is 0 Å². The first-order chi connectivity index (χ1) is 12.2. The molecule has 1 saturated carbocycles. The molecule has 4 heteroatoms. The van der Waals surface area contributed by atoms with Gasteiger partial charge in [0.25, 0.3) is 0 Å². The normalized spacial score (nSPS) is 15.4. The summed E-state index contributed by atoms with van der Waals surface area (Å²) in [6.07, 6.45) is 10.6. The molecule has 0 bridgehead atoms. The molecule has 0 unspecified atom stereocenters. The molecule has 138 valence electrons. The number of ether oxygens (including phenoxy) is 2. The van der Waals surface area contributed by atoms with Crippen LogP contribution in [0.3, 0.4) is 0 Å². The van der Waals surface area contributed by atoms with Crippen LogP contribution in [-0.4, -0.2) is 24.6 Å². The molecular formula is C21H30O4. The number of hydrogen-bond donors (Lipinski definition) is 0. The van der Waals surface area contributed by atoms with E-state index in [2.05, 4.69) is 6.92 Å². The van der Waals surface area contributed by atoms with E-state index in [1.54, 1.807) is 24.3 Å². The minimum Gasteiger partial charge on any atom is -0.462 e. The Hall–Kier alpha value is -1.84. The molecule has 0 saturated heterocycles. The van der Waals surface area contributed by atoms with Crippen molar-refractivity contribution in [1.29, 1.82) is 0 Å². The molecule has 1 aromatic rings. The van der Waals surface area contributed by atoms with E-state index in [0.717, 1.165) is 51.4 Å². The van der Waals surface area contributed by atoms with Gasteiger partial charge in [0, 0.05) is 0 Å². The first kappa shape index (κ1) is 19.5. The molecule has 0 spiro atoms. The summed E-state index contributed by atoms with van der Waals surface area (Å²) in [4.78, 5) is 24.9. The molecule has 2 rings (SSSR count). The van der Waals surface area contributed by atoms with Gasteiger partial charge in [0.15, 0.2) is 0 Å². The third kappa shape index (κ3) is 6.52. The monoisotopic (exact) mass is 346 g/mol. The second-order valence-corrected chi connectivity index (χ2v) is 6.76. The predicted molar refractivity (Wildman–Crippen MR) is 97.8 cm³/mol. The van der Waals surface area contributed by atoms with Crippen molar-refractivity contribution in [1.82, 2.24) is 0 Å². The van der Waals surface area contributed by atoms with E-state index < -0.39 is 11.9 Å². The molecule has 0 N–H and O–H groups in total. The number of unbranched alkanes of at least 4 members (excludes halogenated alkanes) is 3. The van der Waals surface area contributed by atoms with Crippen molar-refractivity contribution in [2.75, 3.05) is 6.61 Å². The van der Waals surface area contributed by atoms with Crippen LogP contribution < -0.4 is 0 Å². The van der Waals surface area contributed by atoms with Crippen LogP contribution in [0.5, 0.6) is 0 Å². The molecule has 4 nitrogen and oxygen atoms in total. The first-order valence-electron chi connectivity index (χ1n) is 9.69. The van der Waals surface area contributed by atoms with Crippen LogP contribution in [0.1, 0.15) is 91.8 Å². The van der Waals surface area contributed by atoms with Gasteiger partial charge in [-0.1, -0.05) is 51.2 Å². The maximum Gasteiger partial charge on any atom is 0.339 e. The molecule has 1 aromatic carbocycles. The van der Waals surface area contributed by atoms with Crippen molar-refractivity contribution in [3.05, 3.63) is 35.4 Å². The quantitative estimate of drug-likeness (QED) is 0.364. The number of benzene rings is 1. The van der Waals surface area contributed by atoms with Crippen LogP contribution in [-0.2, 0) is 9.47 Å². The number of hydrogen-bond acceptors (Lipinski definition) is 4. The lowest BCUT2D eigenvalue weighted by atomic mass is 10.1. The fourth-order valence-corrected chi connectivity index (χ4v) is 3.19. The average molecular weight is 346 g/mol. The van der Waals surface area contributed by atoms with E-state index in [0.29, 0.717) is 17.7 Å². The topological polar surface area (TPSA) is 52.6 Å². The van der Waals surface area contributed by atoms with Gasteiger partial charge < -0.3 is 9.47 Å². The second kappa shape index (κ2) is 10.9. The van der Waals surface area contributed by atoms with Gasteiger partial charge in [-0.3, -0.25) is 0 Å². The smallest absolute Gasteiger partial charge is 0.339 e. The second-order valence-electron chi connectivity index (χ2n) is 6.76. The minimum atomic E-state index is -0.440. The van der Waals surface area contributed by atoms with Crippen molar-refractivity contribution in [2.24, 2.45) is 0 Å². The largest absolute Gasteiger partial charge is 0.462 e. The van der Waals surface area contributed by atoms with Crippen molar-refractivity contribution in [3.63, 3.8) is 0 Å². The number of carbonyl (C=O) groups is 2. The van der Waals surface area contributed by atoms with Gasteiger partial charge in [-0.2, -0.15) is 0 Å². The van der Waals surface area contributed by atoms with Gasteiger partial charge in [-0.05, 0) is 44.2 Å². The van der Waals surface area contributed by atoms with Gasteiger partial charge in [0.1, 0.15) is 6.10 Å². The molecule has 1 fully saturated rings.